The molecular weight excluding hydrogens is 459 g/mol. The van der Waals surface area contributed by atoms with E-state index in [1.54, 1.807) is 0 Å². The fourth-order valence-electron chi connectivity index (χ4n) is 1.64. The Hall–Kier alpha value is -0.873. The van der Waals surface area contributed by atoms with Crippen molar-refractivity contribution in [3.63, 3.8) is 0 Å². The molecule has 0 heterocycles. The largest absolute Gasteiger partial charge is 0.460 e. The number of hydrogen-bond acceptors (Lipinski definition) is 1. The summed E-state index contributed by atoms with van der Waals surface area (Å²) in [6, 6.07) is -1.13. The van der Waals surface area contributed by atoms with Crippen molar-refractivity contribution >= 4 is 8.24 Å². The van der Waals surface area contributed by atoms with Crippen LogP contribution >= 0.6 is 0 Å². The van der Waals surface area contributed by atoms with E-state index in [9.17, 15) is 65.9 Å². The zero-order chi connectivity index (χ0) is 23.4. The van der Waals surface area contributed by atoms with Crippen LogP contribution in [0, 0.1) is 0 Å². The monoisotopic (exact) mass is 471 g/mol. The van der Waals surface area contributed by atoms with Gasteiger partial charge in [0, 0.05) is 6.42 Å². The summed E-state index contributed by atoms with van der Waals surface area (Å²) in [5.74, 6) is -46.0. The van der Waals surface area contributed by atoms with Gasteiger partial charge in [0.05, 0.1) is 0 Å². The number of rotatable bonds is 8. The van der Waals surface area contributed by atoms with Crippen LogP contribution in [-0.4, -0.2) is 49.9 Å². The van der Waals surface area contributed by atoms with Gasteiger partial charge in [-0.15, -0.1) is 0 Å². The number of nitrogens with two attached hydrogens (primary N) is 1. The van der Waals surface area contributed by atoms with E-state index in [-0.39, 0.29) is 0 Å². The number of halogens is 15. The first-order chi connectivity index (χ1) is 11.7. The maximum Gasteiger partial charge on any atom is 0.460 e. The first-order valence-corrected chi connectivity index (χ1v) is 10.1. The van der Waals surface area contributed by atoms with E-state index < -0.39 is 62.4 Å². The highest BCUT2D eigenvalue weighted by molar-refractivity contribution is 6.74. The van der Waals surface area contributed by atoms with E-state index in [4.69, 9.17) is 5.40 Å². The zero-order valence-corrected chi connectivity index (χ0v) is 14.7. The Labute approximate surface area is 148 Å². The molecule has 0 aromatic carbocycles. The molecule has 0 bridgehead atoms. The molecule has 0 spiro atoms. The second-order valence-corrected chi connectivity index (χ2v) is 11.0. The van der Waals surface area contributed by atoms with Gasteiger partial charge in [-0.3, -0.25) is 0 Å². The lowest BCUT2D eigenvalue weighted by molar-refractivity contribution is -0.452. The van der Waals surface area contributed by atoms with Crippen LogP contribution in [0.1, 0.15) is 6.42 Å². The summed E-state index contributed by atoms with van der Waals surface area (Å²) in [4.78, 5) is 0. The Morgan fingerprint density at radius 2 is 0.821 bits per heavy atom. The third-order valence-electron chi connectivity index (χ3n) is 3.48. The first kappa shape index (κ1) is 27.1. The van der Waals surface area contributed by atoms with E-state index in [1.807, 2.05) is 0 Å². The Morgan fingerprint density at radius 1 is 0.536 bits per heavy atom. The molecule has 1 nitrogen and oxygen atoms in total. The van der Waals surface area contributed by atoms with Crippen molar-refractivity contribution in [3.05, 3.63) is 0 Å². The molecule has 0 aliphatic rings. The highest BCUT2D eigenvalue weighted by Gasteiger charge is 2.93. The second kappa shape index (κ2) is 6.83. The van der Waals surface area contributed by atoms with Crippen LogP contribution < -0.4 is 5.40 Å². The summed E-state index contributed by atoms with van der Waals surface area (Å²) in [6.45, 7) is 2.07. The van der Waals surface area contributed by atoms with Gasteiger partial charge < -0.3 is 5.40 Å². The van der Waals surface area contributed by atoms with Crippen molar-refractivity contribution in [1.82, 2.24) is 0 Å². The normalized spacial score (nSPS) is 16.5. The van der Waals surface area contributed by atoms with Crippen LogP contribution in [0.3, 0.4) is 0 Å². The minimum absolute atomic E-state index is 1.03. The van der Waals surface area contributed by atoms with Gasteiger partial charge >= 0.3 is 41.7 Å². The minimum atomic E-state index is -8.23. The van der Waals surface area contributed by atoms with Gasteiger partial charge in [0.15, 0.2) is 0 Å². The molecule has 0 amide bonds. The highest BCUT2D eigenvalue weighted by atomic mass is 28.3. The van der Waals surface area contributed by atoms with Crippen molar-refractivity contribution in [2.45, 2.75) is 67.3 Å². The third kappa shape index (κ3) is 4.05. The van der Waals surface area contributed by atoms with Crippen LogP contribution in [0.2, 0.25) is 19.1 Å². The molecule has 0 atom stereocenters. The molecule has 0 aromatic heterocycles. The van der Waals surface area contributed by atoms with Gasteiger partial charge in [-0.1, -0.05) is 13.1 Å². The molecular formula is C11H12F15NSi. The smallest absolute Gasteiger partial charge is 0.351 e. The molecule has 17 heteroatoms. The topological polar surface area (TPSA) is 26.0 Å². The molecule has 0 aromatic rings. The number of alkyl halides is 15. The van der Waals surface area contributed by atoms with Crippen LogP contribution in [0.4, 0.5) is 65.9 Å². The summed E-state index contributed by atoms with van der Waals surface area (Å²) < 4.78 is 193. The minimum Gasteiger partial charge on any atom is -0.351 e. The van der Waals surface area contributed by atoms with Gasteiger partial charge in [-0.2, -0.15) is 65.9 Å². The van der Waals surface area contributed by atoms with Crippen molar-refractivity contribution in [2.75, 3.05) is 0 Å². The van der Waals surface area contributed by atoms with Gasteiger partial charge in [0.2, 0.25) is 0 Å². The lowest BCUT2D eigenvalue weighted by Gasteiger charge is -2.41. The predicted octanol–water partition coefficient (Wildman–Crippen LogP) is 5.91. The lowest BCUT2D eigenvalue weighted by atomic mass is 9.90. The van der Waals surface area contributed by atoms with Gasteiger partial charge in [0.1, 0.15) is 8.24 Å². The lowest BCUT2D eigenvalue weighted by Crippen LogP contribution is -2.72. The second-order valence-electron chi connectivity index (χ2n) is 6.56. The molecule has 170 valence electrons. The van der Waals surface area contributed by atoms with Crippen molar-refractivity contribution in [2.24, 2.45) is 5.40 Å². The van der Waals surface area contributed by atoms with Crippen LogP contribution in [0.5, 0.6) is 0 Å². The van der Waals surface area contributed by atoms with Crippen molar-refractivity contribution < 1.29 is 65.9 Å². The standard InChI is InChI=1S/C11H12F15NSi/c1-28(2,27)4-3-5(12,13)6(14,15)7(16,17)8(18,19)9(20,21)10(22,23)11(24,25)26/h3-4,27H2,1-2H3. The maximum atomic E-state index is 13.4. The maximum absolute atomic E-state index is 13.4. The van der Waals surface area contributed by atoms with Crippen molar-refractivity contribution in [1.29, 1.82) is 0 Å². The Bertz CT molecular complexity index is 559. The van der Waals surface area contributed by atoms with E-state index in [0.717, 1.165) is 13.1 Å². The Kier molecular flexibility index (Phi) is 6.62. The Balaban J connectivity index is 6.32. The summed E-state index contributed by atoms with van der Waals surface area (Å²) in [5.41, 5.74) is 0. The predicted molar refractivity (Wildman–Crippen MR) is 66.8 cm³/mol. The highest BCUT2D eigenvalue weighted by Crippen LogP contribution is 2.62. The SMILES string of the molecule is C[Si](C)(N)CCC(F)(F)C(F)(F)C(F)(F)C(F)(F)C(F)(F)C(F)(F)C(F)(F)F. The average molecular weight is 471 g/mol. The van der Waals surface area contributed by atoms with Gasteiger partial charge in [-0.05, 0) is 6.04 Å². The first-order valence-electron chi connectivity index (χ1n) is 6.83. The summed E-state index contributed by atoms with van der Waals surface area (Å²) in [6.07, 6.45) is -9.94. The van der Waals surface area contributed by atoms with E-state index in [1.165, 1.54) is 0 Å². The van der Waals surface area contributed by atoms with Crippen LogP contribution in [0.15, 0.2) is 0 Å². The molecule has 0 unspecified atom stereocenters. The quantitative estimate of drug-likeness (QED) is 0.346. The summed E-state index contributed by atoms with van der Waals surface area (Å²) in [5, 5.41) is 5.24. The van der Waals surface area contributed by atoms with E-state index >= 15 is 0 Å². The zero-order valence-electron chi connectivity index (χ0n) is 13.7. The molecule has 0 aliphatic heterocycles. The molecule has 0 fully saturated rings. The molecule has 0 rings (SSSR count). The van der Waals surface area contributed by atoms with Gasteiger partial charge in [-0.25, -0.2) is 0 Å². The Morgan fingerprint density at radius 3 is 1.11 bits per heavy atom. The molecule has 2 N–H and O–H groups in total. The third-order valence-corrected chi connectivity index (χ3v) is 5.01. The van der Waals surface area contributed by atoms with Crippen LogP contribution in [-0.2, 0) is 0 Å². The fourth-order valence-corrected chi connectivity index (χ4v) is 2.59. The molecule has 0 aliphatic carbocycles. The molecule has 0 saturated heterocycles. The van der Waals surface area contributed by atoms with Crippen LogP contribution in [0.25, 0.3) is 0 Å². The van der Waals surface area contributed by atoms with E-state index in [2.05, 4.69) is 0 Å². The number of hydrogen-bond donors (Lipinski definition) is 1. The average Bonchev–Trinajstić information content (AvgIpc) is 2.42. The van der Waals surface area contributed by atoms with E-state index in [0.29, 0.717) is 0 Å². The van der Waals surface area contributed by atoms with Crippen molar-refractivity contribution in [3.8, 4) is 0 Å². The molecule has 28 heavy (non-hydrogen) atoms. The van der Waals surface area contributed by atoms with Gasteiger partial charge in [0.25, 0.3) is 0 Å². The summed E-state index contributed by atoms with van der Waals surface area (Å²) in [7, 11) is -3.20. The molecule has 0 radical (unpaired) electrons. The fraction of sp³-hybridized carbons (Fsp3) is 1.00. The summed E-state index contributed by atoms with van der Waals surface area (Å²) >= 11 is 0. The molecule has 0 saturated carbocycles.